The van der Waals surface area contributed by atoms with Crippen molar-refractivity contribution in [3.8, 4) is 0 Å². The number of sulfonamides is 1. The molecule has 0 amide bonds. The van der Waals surface area contributed by atoms with Crippen LogP contribution in [0.15, 0.2) is 70.6 Å². The van der Waals surface area contributed by atoms with Crippen LogP contribution in [0, 0.1) is 12.7 Å². The maximum Gasteiger partial charge on any atom is 0.435 e. The summed E-state index contributed by atoms with van der Waals surface area (Å²) in [7, 11) is -5.23. The minimum absolute atomic E-state index is 0.0394. The largest absolute Gasteiger partial charge is 0.435 e. The van der Waals surface area contributed by atoms with E-state index in [1.165, 1.54) is 45.9 Å². The molecule has 1 atom stereocenters. The van der Waals surface area contributed by atoms with Gasteiger partial charge < -0.3 is 9.88 Å². The van der Waals surface area contributed by atoms with E-state index < -0.39 is 36.3 Å². The summed E-state index contributed by atoms with van der Waals surface area (Å²) in [6.07, 6.45) is -4.33. The number of aromatic nitrogens is 2. The Labute approximate surface area is 247 Å². The molecule has 0 aliphatic heterocycles. The molecule has 0 radical (unpaired) electrons. The summed E-state index contributed by atoms with van der Waals surface area (Å²) in [4.78, 5) is 16.6. The lowest BCUT2D eigenvalue weighted by Crippen LogP contribution is -2.44. The number of halogens is 4. The van der Waals surface area contributed by atoms with Gasteiger partial charge in [-0.15, -0.1) is 4.72 Å². The van der Waals surface area contributed by atoms with Crippen LogP contribution in [0.4, 0.5) is 24.5 Å². The second-order valence-corrected chi connectivity index (χ2v) is 18.6. The first-order valence-corrected chi connectivity index (χ1v) is 18.4. The van der Waals surface area contributed by atoms with Crippen LogP contribution in [0.5, 0.6) is 0 Å². The predicted molar refractivity (Wildman–Crippen MR) is 160 cm³/mol. The van der Waals surface area contributed by atoms with E-state index in [-0.39, 0.29) is 32.8 Å². The molecule has 0 saturated carbocycles. The number of alkyl halides is 2. The topological polar surface area (TPSA) is 102 Å². The number of hydrogen-bond acceptors (Lipinski definition) is 6. The summed E-state index contributed by atoms with van der Waals surface area (Å²) in [5, 5.41) is 3.00. The van der Waals surface area contributed by atoms with Crippen LogP contribution >= 0.6 is 11.6 Å². The first-order valence-electron chi connectivity index (χ1n) is 12.8. The number of benzene rings is 3. The summed E-state index contributed by atoms with van der Waals surface area (Å²) < 4.78 is 78.5. The second-order valence-electron chi connectivity index (χ2n) is 11.1. The second kappa shape index (κ2) is 11.8. The van der Waals surface area contributed by atoms with Crippen molar-refractivity contribution in [1.82, 2.24) is 14.3 Å². The molecule has 0 bridgehead atoms. The van der Waals surface area contributed by atoms with Gasteiger partial charge in [0.05, 0.1) is 38.9 Å². The van der Waals surface area contributed by atoms with E-state index in [1.54, 1.807) is 32.2 Å². The van der Waals surface area contributed by atoms with E-state index in [4.69, 9.17) is 16.3 Å². The van der Waals surface area contributed by atoms with Crippen molar-refractivity contribution >= 4 is 52.0 Å². The summed E-state index contributed by atoms with van der Waals surface area (Å²) in [5.74, 6) is -0.773. The highest BCUT2D eigenvalue weighted by Crippen LogP contribution is 2.41. The number of nitrogens with zero attached hydrogens (tertiary/aromatic N) is 2. The molecule has 42 heavy (non-hydrogen) atoms. The Kier molecular flexibility index (Phi) is 8.91. The van der Waals surface area contributed by atoms with Crippen LogP contribution in [-0.2, 0) is 21.8 Å². The lowest BCUT2D eigenvalue weighted by atomic mass is 10.1. The third-order valence-electron chi connectivity index (χ3n) is 6.47. The van der Waals surface area contributed by atoms with Crippen molar-refractivity contribution in [3.05, 3.63) is 93.2 Å². The number of fused-ring (bicyclic) bond motifs is 1. The van der Waals surface area contributed by atoms with Crippen LogP contribution in [0.2, 0.25) is 30.7 Å². The number of ether oxygens (including phenoxy) is 1. The normalized spacial score (nSPS) is 13.4. The average Bonchev–Trinajstić information content (AvgIpc) is 2.88. The Morgan fingerprint density at radius 2 is 1.76 bits per heavy atom. The van der Waals surface area contributed by atoms with Gasteiger partial charge in [-0.2, -0.15) is 8.78 Å². The highest BCUT2D eigenvalue weighted by atomic mass is 35.5. The number of anilines is 2. The molecule has 4 rings (SSSR count). The standard InChI is InChI=1S/C28H30ClF3N4O4SSi/c1-17-21(13-14-22-24(17)27(37)36(2)16-33-22)34-26-20(30)12-11-19(25(26)29)23(15-42(3,4)5)40-28(31,32)35-41(38,39)18-9-7-6-8-10-18/h6-14,16,23,34-35H,15H2,1-5H3. The maximum atomic E-state index is 15.2. The minimum Gasteiger partial charge on any atom is -0.352 e. The van der Waals surface area contributed by atoms with Gasteiger partial charge in [0.1, 0.15) is 5.82 Å². The lowest BCUT2D eigenvalue weighted by molar-refractivity contribution is -0.268. The third-order valence-corrected chi connectivity index (χ3v) is 9.87. The van der Waals surface area contributed by atoms with E-state index in [9.17, 15) is 13.2 Å². The third kappa shape index (κ3) is 7.04. The maximum absolute atomic E-state index is 15.2. The molecule has 1 aromatic heterocycles. The van der Waals surface area contributed by atoms with Gasteiger partial charge in [0.2, 0.25) is 10.0 Å². The summed E-state index contributed by atoms with van der Waals surface area (Å²) in [6, 6.07) is 12.3. The van der Waals surface area contributed by atoms with Gasteiger partial charge in [-0.25, -0.2) is 17.8 Å². The molecule has 4 aromatic rings. The van der Waals surface area contributed by atoms with Crippen molar-refractivity contribution in [2.24, 2.45) is 7.05 Å². The van der Waals surface area contributed by atoms with Gasteiger partial charge in [0, 0.05) is 26.4 Å². The van der Waals surface area contributed by atoms with Crippen LogP contribution in [0.3, 0.4) is 0 Å². The molecule has 8 nitrogen and oxygen atoms in total. The molecule has 14 heteroatoms. The quantitative estimate of drug-likeness (QED) is 0.114. The molecule has 3 aromatic carbocycles. The molecule has 0 saturated heterocycles. The van der Waals surface area contributed by atoms with Crippen LogP contribution in [0.1, 0.15) is 17.2 Å². The predicted octanol–water partition coefficient (Wildman–Crippen LogP) is 6.70. The van der Waals surface area contributed by atoms with Crippen molar-refractivity contribution in [2.45, 2.75) is 49.8 Å². The Morgan fingerprint density at radius 1 is 1.10 bits per heavy atom. The lowest BCUT2D eigenvalue weighted by Gasteiger charge is -2.30. The monoisotopic (exact) mass is 638 g/mol. The zero-order chi connectivity index (χ0) is 31.0. The zero-order valence-corrected chi connectivity index (χ0v) is 26.1. The van der Waals surface area contributed by atoms with Crippen LogP contribution < -0.4 is 15.6 Å². The molecular weight excluding hydrogens is 609 g/mol. The molecule has 0 spiro atoms. The number of rotatable bonds is 10. The van der Waals surface area contributed by atoms with Crippen molar-refractivity contribution in [3.63, 3.8) is 0 Å². The van der Waals surface area contributed by atoms with Crippen LogP contribution in [-0.4, -0.2) is 32.3 Å². The molecule has 0 fully saturated rings. The fraction of sp³-hybridized carbons (Fsp3) is 0.286. The highest BCUT2D eigenvalue weighted by molar-refractivity contribution is 7.89. The number of hydrogen-bond donors (Lipinski definition) is 2. The Balaban J connectivity index is 1.73. The first kappa shape index (κ1) is 31.7. The molecule has 0 aliphatic rings. The van der Waals surface area contributed by atoms with Gasteiger partial charge in [-0.05, 0) is 48.9 Å². The molecule has 224 valence electrons. The molecular formula is C28H30ClF3N4O4SSi. The molecule has 0 aliphatic carbocycles. The van der Waals surface area contributed by atoms with Crippen molar-refractivity contribution in [1.29, 1.82) is 0 Å². The van der Waals surface area contributed by atoms with E-state index >= 15 is 13.2 Å². The van der Waals surface area contributed by atoms with Gasteiger partial charge in [-0.3, -0.25) is 9.53 Å². The van der Waals surface area contributed by atoms with Gasteiger partial charge in [-0.1, -0.05) is 55.5 Å². The van der Waals surface area contributed by atoms with Gasteiger partial charge >= 0.3 is 6.23 Å². The van der Waals surface area contributed by atoms with Crippen LogP contribution in [0.25, 0.3) is 10.9 Å². The number of nitrogens with one attached hydrogen (secondary N) is 2. The van der Waals surface area contributed by atoms with E-state index in [2.05, 4.69) is 10.3 Å². The number of aryl methyl sites for hydroxylation is 2. The van der Waals surface area contributed by atoms with E-state index in [0.29, 0.717) is 22.2 Å². The SMILES string of the molecule is Cc1c(Nc2c(F)ccc(C(C[Si](C)(C)C)OC(F)(F)NS(=O)(=O)c3ccccc3)c2Cl)ccc2ncn(C)c(=O)c12. The fourth-order valence-electron chi connectivity index (χ4n) is 4.44. The average molecular weight is 639 g/mol. The molecule has 1 heterocycles. The van der Waals surface area contributed by atoms with Crippen molar-refractivity contribution < 1.29 is 26.3 Å². The molecule has 1 unspecified atom stereocenters. The summed E-state index contributed by atoms with van der Waals surface area (Å²) in [5.41, 5.74) is 0.816. The molecule has 2 N–H and O–H groups in total. The Bertz CT molecular complexity index is 1800. The summed E-state index contributed by atoms with van der Waals surface area (Å²) >= 11 is 6.64. The highest BCUT2D eigenvalue weighted by Gasteiger charge is 2.41. The smallest absolute Gasteiger partial charge is 0.352 e. The fourth-order valence-corrected chi connectivity index (χ4v) is 7.18. The van der Waals surface area contributed by atoms with Crippen molar-refractivity contribution in [2.75, 3.05) is 5.32 Å². The van der Waals surface area contributed by atoms with E-state index in [0.717, 1.165) is 6.07 Å². The Hall–Kier alpha value is -3.23. The van der Waals surface area contributed by atoms with Gasteiger partial charge in [0.15, 0.2) is 0 Å². The first-order chi connectivity index (χ1) is 19.5. The Morgan fingerprint density at radius 3 is 2.40 bits per heavy atom. The summed E-state index contributed by atoms with van der Waals surface area (Å²) in [6.45, 7) is 7.41. The van der Waals surface area contributed by atoms with Gasteiger partial charge in [0.25, 0.3) is 5.56 Å². The zero-order valence-electron chi connectivity index (χ0n) is 23.5. The minimum atomic E-state index is -4.64. The van der Waals surface area contributed by atoms with E-state index in [1.807, 2.05) is 19.6 Å².